The van der Waals surface area contributed by atoms with Crippen molar-refractivity contribution in [1.29, 1.82) is 0 Å². The highest BCUT2D eigenvalue weighted by molar-refractivity contribution is 5.56. The van der Waals surface area contributed by atoms with Crippen molar-refractivity contribution in [3.05, 3.63) is 55.1 Å². The molecule has 1 amide bonds. The molecule has 2 aromatic rings. The third-order valence-electron chi connectivity index (χ3n) is 1.37. The Morgan fingerprint density at radius 2 is 1.64 bits per heavy atom. The van der Waals surface area contributed by atoms with Crippen molar-refractivity contribution in [3.8, 4) is 0 Å². The number of carbonyl (C=O) groups is 1. The van der Waals surface area contributed by atoms with Gasteiger partial charge in [-0.2, -0.15) is 0 Å². The average molecular weight is 189 g/mol. The van der Waals surface area contributed by atoms with Gasteiger partial charge in [-0.15, -0.1) is 0 Å². The lowest BCUT2D eigenvalue weighted by atomic mass is 10.5. The van der Waals surface area contributed by atoms with E-state index in [1.807, 2.05) is 30.3 Å². The van der Waals surface area contributed by atoms with Crippen molar-refractivity contribution >= 4 is 6.41 Å². The van der Waals surface area contributed by atoms with E-state index >= 15 is 0 Å². The molecule has 0 unspecified atom stereocenters. The van der Waals surface area contributed by atoms with Gasteiger partial charge in [0.2, 0.25) is 6.41 Å². The normalized spacial score (nSPS) is 8.29. The number of pyridine rings is 1. The SMILES string of the molecule is O=CNn1cccc1.c1ccncc1. The fourth-order valence-electron chi connectivity index (χ4n) is 0.794. The van der Waals surface area contributed by atoms with Gasteiger partial charge >= 0.3 is 0 Å². The molecule has 0 atom stereocenters. The largest absolute Gasteiger partial charge is 0.277 e. The predicted molar refractivity (Wildman–Crippen MR) is 54.1 cm³/mol. The van der Waals surface area contributed by atoms with Crippen molar-refractivity contribution in [2.45, 2.75) is 0 Å². The predicted octanol–water partition coefficient (Wildman–Crippen LogP) is 1.27. The highest BCUT2D eigenvalue weighted by atomic mass is 16.1. The second kappa shape index (κ2) is 6.42. The van der Waals surface area contributed by atoms with Crippen molar-refractivity contribution in [2.75, 3.05) is 5.43 Å². The molecule has 4 heteroatoms. The summed E-state index contributed by atoms with van der Waals surface area (Å²) in [5.41, 5.74) is 2.42. The van der Waals surface area contributed by atoms with Crippen molar-refractivity contribution in [2.24, 2.45) is 0 Å². The minimum atomic E-state index is 0.625. The second-order valence-corrected chi connectivity index (χ2v) is 2.36. The Balaban J connectivity index is 0.000000146. The summed E-state index contributed by atoms with van der Waals surface area (Å²) in [5, 5.41) is 0. The van der Waals surface area contributed by atoms with Gasteiger partial charge in [0, 0.05) is 24.8 Å². The van der Waals surface area contributed by atoms with E-state index in [9.17, 15) is 4.79 Å². The molecular weight excluding hydrogens is 178 g/mol. The molecule has 0 saturated heterocycles. The molecule has 0 saturated carbocycles. The first-order valence-electron chi connectivity index (χ1n) is 4.11. The summed E-state index contributed by atoms with van der Waals surface area (Å²) in [7, 11) is 0. The molecule has 0 aliphatic carbocycles. The van der Waals surface area contributed by atoms with E-state index in [2.05, 4.69) is 10.4 Å². The molecule has 2 heterocycles. The van der Waals surface area contributed by atoms with Crippen LogP contribution in [0.2, 0.25) is 0 Å². The van der Waals surface area contributed by atoms with Crippen LogP contribution in [0.15, 0.2) is 55.1 Å². The van der Waals surface area contributed by atoms with E-state index in [1.54, 1.807) is 29.5 Å². The molecule has 4 nitrogen and oxygen atoms in total. The Hall–Kier alpha value is -2.10. The van der Waals surface area contributed by atoms with Crippen LogP contribution in [-0.2, 0) is 4.79 Å². The first kappa shape index (κ1) is 9.98. The maximum atomic E-state index is 9.74. The second-order valence-electron chi connectivity index (χ2n) is 2.36. The fourth-order valence-corrected chi connectivity index (χ4v) is 0.794. The summed E-state index contributed by atoms with van der Waals surface area (Å²) in [6, 6.07) is 9.38. The Kier molecular flexibility index (Phi) is 4.58. The molecular formula is C10H11N3O. The van der Waals surface area contributed by atoms with Gasteiger partial charge in [-0.05, 0) is 24.3 Å². The van der Waals surface area contributed by atoms with E-state index in [0.29, 0.717) is 6.41 Å². The molecule has 0 bridgehead atoms. The number of nitrogens with one attached hydrogen (secondary N) is 1. The van der Waals surface area contributed by atoms with E-state index < -0.39 is 0 Å². The molecule has 1 N–H and O–H groups in total. The summed E-state index contributed by atoms with van der Waals surface area (Å²) in [6.45, 7) is 0. The summed E-state index contributed by atoms with van der Waals surface area (Å²) in [4.78, 5) is 13.5. The lowest BCUT2D eigenvalue weighted by Crippen LogP contribution is -2.08. The number of hydrogen-bond acceptors (Lipinski definition) is 2. The summed E-state index contributed by atoms with van der Waals surface area (Å²) in [6.07, 6.45) is 7.61. The zero-order chi connectivity index (χ0) is 10.1. The fraction of sp³-hybridized carbons (Fsp3) is 0. The number of nitrogens with zero attached hydrogens (tertiary/aromatic N) is 2. The molecule has 2 aromatic heterocycles. The van der Waals surface area contributed by atoms with E-state index in [0.717, 1.165) is 0 Å². The molecule has 0 fully saturated rings. The van der Waals surface area contributed by atoms with Gasteiger partial charge in [0.05, 0.1) is 0 Å². The third kappa shape index (κ3) is 4.06. The monoisotopic (exact) mass is 189 g/mol. The lowest BCUT2D eigenvalue weighted by Gasteiger charge is -1.93. The van der Waals surface area contributed by atoms with Crippen molar-refractivity contribution in [3.63, 3.8) is 0 Å². The molecule has 0 radical (unpaired) electrons. The van der Waals surface area contributed by atoms with Gasteiger partial charge in [-0.3, -0.25) is 19.9 Å². The van der Waals surface area contributed by atoms with Crippen molar-refractivity contribution in [1.82, 2.24) is 9.66 Å². The zero-order valence-corrected chi connectivity index (χ0v) is 7.58. The average Bonchev–Trinajstić information content (AvgIpc) is 2.75. The Morgan fingerprint density at radius 3 is 2.00 bits per heavy atom. The van der Waals surface area contributed by atoms with E-state index in [4.69, 9.17) is 0 Å². The van der Waals surface area contributed by atoms with Gasteiger partial charge < -0.3 is 0 Å². The van der Waals surface area contributed by atoms with Crippen LogP contribution in [0.3, 0.4) is 0 Å². The summed E-state index contributed by atoms with van der Waals surface area (Å²) in [5.74, 6) is 0. The van der Waals surface area contributed by atoms with E-state index in [-0.39, 0.29) is 0 Å². The van der Waals surface area contributed by atoms with Crippen LogP contribution in [0, 0.1) is 0 Å². The Morgan fingerprint density at radius 1 is 1.00 bits per heavy atom. The van der Waals surface area contributed by atoms with Gasteiger partial charge in [0.15, 0.2) is 0 Å². The van der Waals surface area contributed by atoms with Gasteiger partial charge in [-0.25, -0.2) is 0 Å². The van der Waals surface area contributed by atoms with E-state index in [1.165, 1.54) is 0 Å². The van der Waals surface area contributed by atoms with Crippen LogP contribution in [0.1, 0.15) is 0 Å². The van der Waals surface area contributed by atoms with Crippen molar-refractivity contribution < 1.29 is 4.79 Å². The molecule has 2 rings (SSSR count). The number of rotatable bonds is 2. The molecule has 14 heavy (non-hydrogen) atoms. The third-order valence-corrected chi connectivity index (χ3v) is 1.37. The highest BCUT2D eigenvalue weighted by Gasteiger charge is 1.77. The quantitative estimate of drug-likeness (QED) is 0.723. The number of aromatic nitrogens is 2. The lowest BCUT2D eigenvalue weighted by molar-refractivity contribution is -0.106. The molecule has 0 spiro atoms. The van der Waals surface area contributed by atoms with Crippen LogP contribution < -0.4 is 5.43 Å². The van der Waals surface area contributed by atoms with Crippen LogP contribution in [0.4, 0.5) is 0 Å². The van der Waals surface area contributed by atoms with Crippen LogP contribution in [0.25, 0.3) is 0 Å². The molecule has 0 aliphatic heterocycles. The van der Waals surface area contributed by atoms with Crippen LogP contribution >= 0.6 is 0 Å². The maximum Gasteiger partial charge on any atom is 0.225 e. The number of hydrogen-bond donors (Lipinski definition) is 1. The highest BCUT2D eigenvalue weighted by Crippen LogP contribution is 1.81. The topological polar surface area (TPSA) is 46.9 Å². The molecule has 72 valence electrons. The Labute approximate surface area is 82.2 Å². The first-order valence-corrected chi connectivity index (χ1v) is 4.11. The van der Waals surface area contributed by atoms with Gasteiger partial charge in [-0.1, -0.05) is 6.07 Å². The summed E-state index contributed by atoms with van der Waals surface area (Å²) >= 11 is 0. The minimum absolute atomic E-state index is 0.625. The molecule has 0 aromatic carbocycles. The maximum absolute atomic E-state index is 9.74. The summed E-state index contributed by atoms with van der Waals surface area (Å²) < 4.78 is 1.56. The standard InChI is InChI=1S/C5H6N2O.C5H5N/c8-5-6-7-3-1-2-4-7;1-2-4-6-5-3-1/h1-5H,(H,6,8);1-5H. The Bertz CT molecular complexity index is 305. The smallest absolute Gasteiger partial charge is 0.225 e. The molecule has 0 aliphatic rings. The van der Waals surface area contributed by atoms with Gasteiger partial charge in [0.1, 0.15) is 0 Å². The number of carbonyl (C=O) groups excluding carboxylic acids is 1. The first-order chi connectivity index (χ1) is 6.93. The minimum Gasteiger partial charge on any atom is -0.277 e. The number of amides is 1. The van der Waals surface area contributed by atoms with Crippen LogP contribution in [-0.4, -0.2) is 16.1 Å². The zero-order valence-electron chi connectivity index (χ0n) is 7.58. The van der Waals surface area contributed by atoms with Gasteiger partial charge in [0.25, 0.3) is 0 Å². The van der Waals surface area contributed by atoms with Crippen LogP contribution in [0.5, 0.6) is 0 Å².